The van der Waals surface area contributed by atoms with Gasteiger partial charge in [-0.25, -0.2) is 0 Å². The van der Waals surface area contributed by atoms with Crippen LogP contribution in [0.25, 0.3) is 0 Å². The molecule has 3 nitrogen and oxygen atoms in total. The van der Waals surface area contributed by atoms with Crippen molar-refractivity contribution in [2.24, 2.45) is 11.1 Å². The number of nitrogens with two attached hydrogens (primary N) is 1. The average Bonchev–Trinajstić information content (AvgIpc) is 2.46. The maximum absolute atomic E-state index is 6.09. The Morgan fingerprint density at radius 2 is 2.06 bits per heavy atom. The van der Waals surface area contributed by atoms with Crippen LogP contribution in [0.2, 0.25) is 5.02 Å². The molecular weight excluding hydrogens is 254 g/mol. The van der Waals surface area contributed by atoms with Crippen LogP contribution < -0.4 is 5.73 Å². The van der Waals surface area contributed by atoms with Crippen LogP contribution in [-0.4, -0.2) is 14.8 Å². The first-order valence-electron chi connectivity index (χ1n) is 5.75. The first kappa shape index (κ1) is 14.5. The zero-order valence-electron chi connectivity index (χ0n) is 10.9. The Hall–Kier alpha value is -0.610. The highest BCUT2D eigenvalue weighted by atomic mass is 35.5. The lowest BCUT2D eigenvalue weighted by molar-refractivity contribution is 0.423. The second-order valence-corrected chi connectivity index (χ2v) is 5.88. The zero-order valence-corrected chi connectivity index (χ0v) is 12.5. The number of thiocarbonyl (C=S) groups is 1. The van der Waals surface area contributed by atoms with E-state index in [1.165, 1.54) is 0 Å². The number of rotatable bonds is 5. The smallest absolute Gasteiger partial charge is 0.0844 e. The van der Waals surface area contributed by atoms with E-state index < -0.39 is 0 Å². The Labute approximate surface area is 113 Å². The molecule has 1 rings (SSSR count). The van der Waals surface area contributed by atoms with Crippen molar-refractivity contribution in [3.8, 4) is 0 Å². The fourth-order valence-electron chi connectivity index (χ4n) is 1.69. The molecular formula is C12H20ClN3S. The third-order valence-corrected chi connectivity index (χ3v) is 4.23. The van der Waals surface area contributed by atoms with Crippen molar-refractivity contribution >= 4 is 28.8 Å². The Balaban J connectivity index is 2.57. The maximum Gasteiger partial charge on any atom is 0.0844 e. The van der Waals surface area contributed by atoms with Crippen LogP contribution in [0.1, 0.15) is 38.1 Å². The SMILES string of the molecule is Cc1nn(CCCC(C)(C)C(N)=S)c(C)c1Cl. The summed E-state index contributed by atoms with van der Waals surface area (Å²) < 4.78 is 1.95. The van der Waals surface area contributed by atoms with Crippen molar-refractivity contribution in [3.05, 3.63) is 16.4 Å². The fraction of sp³-hybridized carbons (Fsp3) is 0.667. The molecule has 0 amide bonds. The van der Waals surface area contributed by atoms with Crippen molar-refractivity contribution in [2.75, 3.05) is 0 Å². The molecule has 0 unspecified atom stereocenters. The van der Waals surface area contributed by atoms with Gasteiger partial charge in [0.05, 0.1) is 21.4 Å². The van der Waals surface area contributed by atoms with Gasteiger partial charge in [-0.15, -0.1) is 0 Å². The van der Waals surface area contributed by atoms with Crippen LogP contribution in [0, 0.1) is 19.3 Å². The molecule has 0 atom stereocenters. The Kier molecular flexibility index (Phi) is 4.55. The van der Waals surface area contributed by atoms with E-state index in [1.807, 2.05) is 18.5 Å². The number of aromatic nitrogens is 2. The first-order valence-corrected chi connectivity index (χ1v) is 6.53. The van der Waals surface area contributed by atoms with Gasteiger partial charge in [0, 0.05) is 12.0 Å². The summed E-state index contributed by atoms with van der Waals surface area (Å²) in [4.78, 5) is 0.573. The van der Waals surface area contributed by atoms with Crippen molar-refractivity contribution in [1.82, 2.24) is 9.78 Å². The molecule has 1 aromatic rings. The third kappa shape index (κ3) is 3.42. The standard InChI is InChI=1S/C12H20ClN3S/c1-8-10(13)9(2)16(15-8)7-5-6-12(3,4)11(14)17/h5-7H2,1-4H3,(H2,14,17). The van der Waals surface area contributed by atoms with Gasteiger partial charge >= 0.3 is 0 Å². The lowest BCUT2D eigenvalue weighted by Crippen LogP contribution is -2.29. The molecule has 0 aliphatic rings. The van der Waals surface area contributed by atoms with Gasteiger partial charge in [-0.3, -0.25) is 4.68 Å². The summed E-state index contributed by atoms with van der Waals surface area (Å²) in [7, 11) is 0. The first-order chi connectivity index (χ1) is 7.75. The monoisotopic (exact) mass is 273 g/mol. The molecule has 96 valence electrons. The average molecular weight is 274 g/mol. The van der Waals surface area contributed by atoms with Gasteiger partial charge in [0.1, 0.15) is 0 Å². The Morgan fingerprint density at radius 3 is 2.47 bits per heavy atom. The van der Waals surface area contributed by atoms with E-state index in [2.05, 4.69) is 18.9 Å². The van der Waals surface area contributed by atoms with Gasteiger partial charge in [-0.2, -0.15) is 5.10 Å². The molecule has 0 fully saturated rings. The van der Waals surface area contributed by atoms with Gasteiger partial charge in [-0.05, 0) is 26.7 Å². The molecule has 0 saturated carbocycles. The van der Waals surface area contributed by atoms with Gasteiger partial charge in [0.2, 0.25) is 0 Å². The molecule has 17 heavy (non-hydrogen) atoms. The van der Waals surface area contributed by atoms with Gasteiger partial charge in [0.25, 0.3) is 0 Å². The molecule has 0 radical (unpaired) electrons. The molecule has 2 N–H and O–H groups in total. The second-order valence-electron chi connectivity index (χ2n) is 5.06. The van der Waals surface area contributed by atoms with Gasteiger partial charge < -0.3 is 5.73 Å². The van der Waals surface area contributed by atoms with Crippen molar-refractivity contribution in [2.45, 2.75) is 47.1 Å². The Bertz CT molecular complexity index is 424. The number of aryl methyl sites for hydroxylation is 2. The summed E-state index contributed by atoms with van der Waals surface area (Å²) in [5, 5.41) is 5.16. The molecule has 0 bridgehead atoms. The van der Waals surface area contributed by atoms with Crippen LogP contribution in [-0.2, 0) is 6.54 Å². The van der Waals surface area contributed by atoms with E-state index in [0.29, 0.717) is 4.99 Å². The summed E-state index contributed by atoms with van der Waals surface area (Å²) >= 11 is 11.1. The molecule has 1 heterocycles. The summed E-state index contributed by atoms with van der Waals surface area (Å²) in [6, 6.07) is 0. The quantitative estimate of drug-likeness (QED) is 0.838. The minimum Gasteiger partial charge on any atom is -0.393 e. The predicted octanol–water partition coefficient (Wildman–Crippen LogP) is 3.25. The van der Waals surface area contributed by atoms with Gasteiger partial charge in [-0.1, -0.05) is 37.7 Å². The van der Waals surface area contributed by atoms with Crippen molar-refractivity contribution in [1.29, 1.82) is 0 Å². The minimum absolute atomic E-state index is 0.0881. The van der Waals surface area contributed by atoms with Gasteiger partial charge in [0.15, 0.2) is 0 Å². The summed E-state index contributed by atoms with van der Waals surface area (Å²) in [6.45, 7) is 8.91. The van der Waals surface area contributed by atoms with E-state index in [1.54, 1.807) is 0 Å². The molecule has 0 aromatic carbocycles. The zero-order chi connectivity index (χ0) is 13.2. The lowest BCUT2D eigenvalue weighted by atomic mass is 9.88. The highest BCUT2D eigenvalue weighted by Crippen LogP contribution is 2.24. The molecule has 0 aliphatic heterocycles. The van der Waals surface area contributed by atoms with Crippen LogP contribution in [0.5, 0.6) is 0 Å². The van der Waals surface area contributed by atoms with E-state index in [0.717, 1.165) is 35.8 Å². The Morgan fingerprint density at radius 1 is 1.47 bits per heavy atom. The number of hydrogen-bond acceptors (Lipinski definition) is 2. The van der Waals surface area contributed by atoms with E-state index in [-0.39, 0.29) is 5.41 Å². The summed E-state index contributed by atoms with van der Waals surface area (Å²) in [5.74, 6) is 0. The topological polar surface area (TPSA) is 43.8 Å². The largest absolute Gasteiger partial charge is 0.393 e. The van der Waals surface area contributed by atoms with Crippen LogP contribution >= 0.6 is 23.8 Å². The number of hydrogen-bond donors (Lipinski definition) is 1. The number of halogens is 1. The normalized spacial score (nSPS) is 11.8. The van der Waals surface area contributed by atoms with E-state index >= 15 is 0 Å². The molecule has 1 aromatic heterocycles. The van der Waals surface area contributed by atoms with Crippen molar-refractivity contribution in [3.63, 3.8) is 0 Å². The molecule has 0 spiro atoms. The molecule has 5 heteroatoms. The minimum atomic E-state index is -0.0881. The number of nitrogens with zero attached hydrogens (tertiary/aromatic N) is 2. The summed E-state index contributed by atoms with van der Waals surface area (Å²) in [5.41, 5.74) is 7.52. The maximum atomic E-state index is 6.09. The third-order valence-electron chi connectivity index (χ3n) is 3.13. The highest BCUT2D eigenvalue weighted by Gasteiger charge is 2.21. The van der Waals surface area contributed by atoms with Crippen molar-refractivity contribution < 1.29 is 0 Å². The van der Waals surface area contributed by atoms with Crippen LogP contribution in [0.15, 0.2) is 0 Å². The highest BCUT2D eigenvalue weighted by molar-refractivity contribution is 7.80. The molecule has 0 aliphatic carbocycles. The fourth-order valence-corrected chi connectivity index (χ4v) is 1.92. The van der Waals surface area contributed by atoms with E-state index in [4.69, 9.17) is 29.6 Å². The van der Waals surface area contributed by atoms with E-state index in [9.17, 15) is 0 Å². The summed E-state index contributed by atoms with van der Waals surface area (Å²) in [6.07, 6.45) is 1.95. The van der Waals surface area contributed by atoms with Crippen LogP contribution in [0.3, 0.4) is 0 Å². The van der Waals surface area contributed by atoms with Crippen LogP contribution in [0.4, 0.5) is 0 Å². The molecule has 0 saturated heterocycles. The lowest BCUT2D eigenvalue weighted by Gasteiger charge is -2.22. The second kappa shape index (κ2) is 5.36. The predicted molar refractivity (Wildman–Crippen MR) is 76.5 cm³/mol.